The minimum absolute atomic E-state index is 0.0260. The van der Waals surface area contributed by atoms with Gasteiger partial charge in [-0.3, -0.25) is 10.1 Å². The lowest BCUT2D eigenvalue weighted by atomic mass is 9.99. The van der Waals surface area contributed by atoms with Crippen LogP contribution in [0.3, 0.4) is 0 Å². The van der Waals surface area contributed by atoms with Crippen molar-refractivity contribution in [3.8, 4) is 0 Å². The molecular weight excluding hydrogens is 272 g/mol. The Morgan fingerprint density at radius 3 is 2.90 bits per heavy atom. The number of amides is 1. The topological polar surface area (TPSA) is 41.6 Å². The van der Waals surface area contributed by atoms with E-state index in [0.29, 0.717) is 5.92 Å². The van der Waals surface area contributed by atoms with E-state index in [9.17, 15) is 4.79 Å². The number of rotatable bonds is 4. The van der Waals surface area contributed by atoms with Crippen molar-refractivity contribution >= 4 is 17.2 Å². The van der Waals surface area contributed by atoms with Gasteiger partial charge in [-0.25, -0.2) is 0 Å². The van der Waals surface area contributed by atoms with Crippen LogP contribution in [0.1, 0.15) is 37.2 Å². The van der Waals surface area contributed by atoms with Crippen molar-refractivity contribution in [2.45, 2.75) is 38.4 Å². The van der Waals surface area contributed by atoms with Crippen LogP contribution in [-0.4, -0.2) is 36.6 Å². The second-order valence-electron chi connectivity index (χ2n) is 5.59. The minimum atomic E-state index is -0.0260. The van der Waals surface area contributed by atoms with E-state index in [-0.39, 0.29) is 18.1 Å². The lowest BCUT2D eigenvalue weighted by Gasteiger charge is -2.30. The number of nitrogens with zero attached hydrogens (tertiary/aromatic N) is 1. The van der Waals surface area contributed by atoms with Crippen LogP contribution >= 0.6 is 11.3 Å². The summed E-state index contributed by atoms with van der Waals surface area (Å²) in [6.45, 7) is 4.59. The third-order valence-electron chi connectivity index (χ3n) is 4.27. The summed E-state index contributed by atoms with van der Waals surface area (Å²) < 4.78 is 5.42. The van der Waals surface area contributed by atoms with Gasteiger partial charge in [-0.15, -0.1) is 11.3 Å². The average molecular weight is 294 g/mol. The molecule has 1 amide bonds. The second kappa shape index (κ2) is 6.24. The van der Waals surface area contributed by atoms with Crippen LogP contribution in [-0.2, 0) is 9.53 Å². The van der Waals surface area contributed by atoms with Crippen LogP contribution in [0.25, 0.3) is 0 Å². The SMILES string of the molecule is CCC1NC(c2cccs2)N(CC2CCOCC2)C1=O. The number of carbonyl (C=O) groups excluding carboxylic acids is 1. The first-order valence-corrected chi connectivity index (χ1v) is 8.35. The molecule has 2 saturated heterocycles. The van der Waals surface area contributed by atoms with Crippen molar-refractivity contribution in [1.82, 2.24) is 10.2 Å². The summed E-state index contributed by atoms with van der Waals surface area (Å²) in [7, 11) is 0. The Balaban J connectivity index is 1.75. The van der Waals surface area contributed by atoms with Crippen LogP contribution in [0.4, 0.5) is 0 Å². The van der Waals surface area contributed by atoms with Gasteiger partial charge in [0.25, 0.3) is 0 Å². The van der Waals surface area contributed by atoms with Crippen molar-refractivity contribution in [1.29, 1.82) is 0 Å². The molecule has 2 aliphatic rings. The predicted molar refractivity (Wildman–Crippen MR) is 79.5 cm³/mol. The molecule has 4 nitrogen and oxygen atoms in total. The highest BCUT2D eigenvalue weighted by atomic mass is 32.1. The van der Waals surface area contributed by atoms with E-state index in [1.807, 2.05) is 0 Å². The molecule has 0 bridgehead atoms. The standard InChI is InChI=1S/C15H22N2O2S/c1-2-12-15(18)17(10-11-5-7-19-8-6-11)14(16-12)13-4-3-9-20-13/h3-4,9,11-12,14,16H,2,5-8,10H2,1H3. The van der Waals surface area contributed by atoms with Gasteiger partial charge >= 0.3 is 0 Å². The molecule has 3 heterocycles. The van der Waals surface area contributed by atoms with Gasteiger partial charge in [0.2, 0.25) is 5.91 Å². The van der Waals surface area contributed by atoms with Gasteiger partial charge in [-0.2, -0.15) is 0 Å². The molecule has 1 aromatic rings. The highest BCUT2D eigenvalue weighted by molar-refractivity contribution is 7.10. The average Bonchev–Trinajstić information content (AvgIpc) is 3.10. The van der Waals surface area contributed by atoms with Crippen LogP contribution in [0.5, 0.6) is 0 Å². The summed E-state index contributed by atoms with van der Waals surface area (Å²) in [5, 5.41) is 5.56. The molecule has 0 aromatic carbocycles. The Hall–Kier alpha value is -0.910. The van der Waals surface area contributed by atoms with E-state index in [4.69, 9.17) is 4.74 Å². The van der Waals surface area contributed by atoms with Gasteiger partial charge in [-0.1, -0.05) is 13.0 Å². The lowest BCUT2D eigenvalue weighted by molar-refractivity contribution is -0.131. The molecular formula is C15H22N2O2S. The Morgan fingerprint density at radius 2 is 2.25 bits per heavy atom. The largest absolute Gasteiger partial charge is 0.381 e. The van der Waals surface area contributed by atoms with Gasteiger partial charge in [0.15, 0.2) is 0 Å². The number of ether oxygens (including phenoxy) is 1. The van der Waals surface area contributed by atoms with E-state index in [1.54, 1.807) is 11.3 Å². The molecule has 0 aliphatic carbocycles. The molecule has 5 heteroatoms. The summed E-state index contributed by atoms with van der Waals surface area (Å²) in [4.78, 5) is 15.8. The summed E-state index contributed by atoms with van der Waals surface area (Å²) in [5.74, 6) is 0.838. The minimum Gasteiger partial charge on any atom is -0.381 e. The molecule has 3 rings (SSSR count). The number of carbonyl (C=O) groups is 1. The molecule has 2 atom stereocenters. The summed E-state index contributed by atoms with van der Waals surface area (Å²) in [6.07, 6.45) is 3.05. The fourth-order valence-electron chi connectivity index (χ4n) is 3.06. The fraction of sp³-hybridized carbons (Fsp3) is 0.667. The van der Waals surface area contributed by atoms with Crippen LogP contribution in [0.15, 0.2) is 17.5 Å². The van der Waals surface area contributed by atoms with Gasteiger partial charge in [-0.05, 0) is 36.6 Å². The number of nitrogens with one attached hydrogen (secondary N) is 1. The first-order chi connectivity index (χ1) is 9.79. The number of thiophene rings is 1. The van der Waals surface area contributed by atoms with Crippen molar-refractivity contribution in [2.24, 2.45) is 5.92 Å². The third kappa shape index (κ3) is 2.75. The molecule has 0 spiro atoms. The zero-order valence-electron chi connectivity index (χ0n) is 11.9. The molecule has 1 aromatic heterocycles. The maximum Gasteiger partial charge on any atom is 0.241 e. The zero-order valence-corrected chi connectivity index (χ0v) is 12.7. The van der Waals surface area contributed by atoms with E-state index >= 15 is 0 Å². The maximum atomic E-state index is 12.6. The molecule has 1 N–H and O–H groups in total. The smallest absolute Gasteiger partial charge is 0.241 e. The third-order valence-corrected chi connectivity index (χ3v) is 5.19. The second-order valence-corrected chi connectivity index (χ2v) is 6.57. The van der Waals surface area contributed by atoms with E-state index < -0.39 is 0 Å². The maximum absolute atomic E-state index is 12.6. The van der Waals surface area contributed by atoms with Crippen molar-refractivity contribution < 1.29 is 9.53 Å². The highest BCUT2D eigenvalue weighted by Crippen LogP contribution is 2.31. The van der Waals surface area contributed by atoms with E-state index in [1.165, 1.54) is 4.88 Å². The lowest BCUT2D eigenvalue weighted by Crippen LogP contribution is -2.36. The Morgan fingerprint density at radius 1 is 1.45 bits per heavy atom. The van der Waals surface area contributed by atoms with Crippen LogP contribution < -0.4 is 5.32 Å². The molecule has 2 aliphatic heterocycles. The molecule has 110 valence electrons. The number of hydrogen-bond acceptors (Lipinski definition) is 4. The van der Waals surface area contributed by atoms with Crippen LogP contribution in [0.2, 0.25) is 0 Å². The zero-order chi connectivity index (χ0) is 13.9. The molecule has 0 radical (unpaired) electrons. The molecule has 2 unspecified atom stereocenters. The summed E-state index contributed by atoms with van der Waals surface area (Å²) in [6, 6.07) is 4.14. The summed E-state index contributed by atoms with van der Waals surface area (Å²) >= 11 is 1.72. The predicted octanol–water partition coefficient (Wildman–Crippen LogP) is 2.38. The summed E-state index contributed by atoms with van der Waals surface area (Å²) in [5.41, 5.74) is 0. The Bertz CT molecular complexity index is 443. The molecule has 20 heavy (non-hydrogen) atoms. The van der Waals surface area contributed by atoms with Gasteiger partial charge in [0.05, 0.1) is 6.04 Å². The molecule has 0 saturated carbocycles. The van der Waals surface area contributed by atoms with Gasteiger partial charge in [0.1, 0.15) is 6.17 Å². The van der Waals surface area contributed by atoms with Gasteiger partial charge < -0.3 is 9.64 Å². The van der Waals surface area contributed by atoms with Crippen molar-refractivity contribution in [3.63, 3.8) is 0 Å². The fourth-order valence-corrected chi connectivity index (χ4v) is 3.85. The van der Waals surface area contributed by atoms with Gasteiger partial charge in [0, 0.05) is 24.6 Å². The quantitative estimate of drug-likeness (QED) is 0.927. The Labute approximate surface area is 124 Å². The van der Waals surface area contributed by atoms with Crippen molar-refractivity contribution in [3.05, 3.63) is 22.4 Å². The number of hydrogen-bond donors (Lipinski definition) is 1. The van der Waals surface area contributed by atoms with E-state index in [2.05, 4.69) is 34.7 Å². The first kappa shape index (κ1) is 14.0. The highest BCUT2D eigenvalue weighted by Gasteiger charge is 2.39. The van der Waals surface area contributed by atoms with Crippen molar-refractivity contribution in [2.75, 3.05) is 19.8 Å². The normalized spacial score (nSPS) is 28.2. The Kier molecular flexibility index (Phi) is 4.38. The van der Waals surface area contributed by atoms with E-state index in [0.717, 1.165) is 39.0 Å². The monoisotopic (exact) mass is 294 g/mol. The first-order valence-electron chi connectivity index (χ1n) is 7.47. The molecule has 2 fully saturated rings. The van der Waals surface area contributed by atoms with Crippen LogP contribution in [0, 0.1) is 5.92 Å².